The quantitative estimate of drug-likeness (QED) is 0.581. The lowest BCUT2D eigenvalue weighted by molar-refractivity contribution is 0.0989. The number of nitrogens with one attached hydrogen (secondary N) is 1. The van der Waals surface area contributed by atoms with Crippen LogP contribution in [0.1, 0.15) is 27.9 Å². The van der Waals surface area contributed by atoms with Crippen molar-refractivity contribution in [1.82, 2.24) is 5.32 Å². The monoisotopic (exact) mass is 235 g/mol. The maximum atomic E-state index is 11.8. The molecular formula is C14H21NO2. The number of ether oxygens (including phenoxy) is 1. The van der Waals surface area contributed by atoms with E-state index in [-0.39, 0.29) is 5.78 Å². The molecule has 0 heterocycles. The Morgan fingerprint density at radius 3 is 2.71 bits per heavy atom. The summed E-state index contributed by atoms with van der Waals surface area (Å²) in [4.78, 5) is 11.8. The zero-order chi connectivity index (χ0) is 12.7. The fraction of sp³-hybridized carbons (Fsp3) is 0.500. The summed E-state index contributed by atoms with van der Waals surface area (Å²) in [6.45, 7) is 6.01. The van der Waals surface area contributed by atoms with Gasteiger partial charge in [-0.15, -0.1) is 0 Å². The molecule has 0 aliphatic heterocycles. The topological polar surface area (TPSA) is 38.3 Å². The molecule has 1 N–H and O–H groups in total. The van der Waals surface area contributed by atoms with E-state index in [1.807, 2.05) is 32.0 Å². The molecule has 0 amide bonds. The molecule has 0 radical (unpaired) electrons. The molecule has 3 nitrogen and oxygen atoms in total. The Hall–Kier alpha value is -1.19. The molecular weight excluding hydrogens is 214 g/mol. The third kappa shape index (κ3) is 4.67. The molecule has 1 rings (SSSR count). The Balaban J connectivity index is 2.39. The number of benzene rings is 1. The van der Waals surface area contributed by atoms with Crippen LogP contribution in [-0.4, -0.2) is 32.6 Å². The van der Waals surface area contributed by atoms with E-state index in [1.54, 1.807) is 7.11 Å². The minimum Gasteiger partial charge on any atom is -0.385 e. The van der Waals surface area contributed by atoms with Crippen LogP contribution in [0.5, 0.6) is 0 Å². The van der Waals surface area contributed by atoms with Crippen LogP contribution in [0.3, 0.4) is 0 Å². The number of hydrogen-bond donors (Lipinski definition) is 1. The van der Waals surface area contributed by atoms with Crippen molar-refractivity contribution in [3.63, 3.8) is 0 Å². The van der Waals surface area contributed by atoms with Gasteiger partial charge >= 0.3 is 0 Å². The second kappa shape index (κ2) is 7.20. The van der Waals surface area contributed by atoms with Gasteiger partial charge in [-0.2, -0.15) is 0 Å². The smallest absolute Gasteiger partial charge is 0.176 e. The van der Waals surface area contributed by atoms with Crippen LogP contribution < -0.4 is 5.32 Å². The first-order valence-electron chi connectivity index (χ1n) is 5.95. The first-order chi connectivity index (χ1) is 8.15. The number of Topliss-reactive ketones (excluding diaryl/α,β-unsaturated/α-hetero) is 1. The molecule has 0 bridgehead atoms. The predicted octanol–water partition coefficient (Wildman–Crippen LogP) is 2.11. The van der Waals surface area contributed by atoms with Gasteiger partial charge in [0.2, 0.25) is 0 Å². The number of carbonyl (C=O) groups excluding carboxylic acids is 1. The molecule has 0 fully saturated rings. The molecule has 0 saturated heterocycles. The average molecular weight is 235 g/mol. The Morgan fingerprint density at radius 2 is 2.06 bits per heavy atom. The Labute approximate surface area is 103 Å². The first kappa shape index (κ1) is 13.9. The molecule has 0 aromatic heterocycles. The molecule has 0 unspecified atom stereocenters. The summed E-state index contributed by atoms with van der Waals surface area (Å²) in [6, 6.07) is 5.84. The lowest BCUT2D eigenvalue weighted by atomic mass is 10.0. The number of hydrogen-bond acceptors (Lipinski definition) is 3. The Bertz CT molecular complexity index is 374. The van der Waals surface area contributed by atoms with Gasteiger partial charge in [-0.3, -0.25) is 4.79 Å². The Kier molecular flexibility index (Phi) is 5.87. The van der Waals surface area contributed by atoms with Crippen molar-refractivity contribution in [3.8, 4) is 0 Å². The van der Waals surface area contributed by atoms with Gasteiger partial charge in [-0.1, -0.05) is 12.1 Å². The number of aryl methyl sites for hydroxylation is 2. The maximum Gasteiger partial charge on any atom is 0.176 e. The van der Waals surface area contributed by atoms with Gasteiger partial charge in [0.15, 0.2) is 5.78 Å². The number of methoxy groups -OCH3 is 1. The van der Waals surface area contributed by atoms with Crippen LogP contribution in [0.4, 0.5) is 0 Å². The summed E-state index contributed by atoms with van der Waals surface area (Å²) in [5, 5.41) is 3.12. The van der Waals surface area contributed by atoms with Gasteiger partial charge in [-0.05, 0) is 44.0 Å². The van der Waals surface area contributed by atoms with Crippen molar-refractivity contribution in [3.05, 3.63) is 34.9 Å². The highest BCUT2D eigenvalue weighted by molar-refractivity contribution is 5.97. The molecule has 17 heavy (non-hydrogen) atoms. The number of ketones is 1. The van der Waals surface area contributed by atoms with E-state index in [4.69, 9.17) is 4.74 Å². The lowest BCUT2D eigenvalue weighted by Gasteiger charge is -2.06. The maximum absolute atomic E-state index is 11.8. The van der Waals surface area contributed by atoms with Gasteiger partial charge in [0, 0.05) is 19.3 Å². The van der Waals surface area contributed by atoms with Crippen molar-refractivity contribution in [1.29, 1.82) is 0 Å². The van der Waals surface area contributed by atoms with E-state index in [2.05, 4.69) is 5.32 Å². The second-order valence-electron chi connectivity index (χ2n) is 4.25. The average Bonchev–Trinajstić information content (AvgIpc) is 2.32. The van der Waals surface area contributed by atoms with Crippen LogP contribution >= 0.6 is 0 Å². The van der Waals surface area contributed by atoms with Crippen molar-refractivity contribution in [2.75, 3.05) is 26.8 Å². The molecule has 1 aromatic carbocycles. The molecule has 0 aliphatic carbocycles. The minimum atomic E-state index is 0.144. The second-order valence-corrected chi connectivity index (χ2v) is 4.25. The van der Waals surface area contributed by atoms with Gasteiger partial charge in [0.25, 0.3) is 0 Å². The number of carbonyl (C=O) groups is 1. The van der Waals surface area contributed by atoms with Crippen LogP contribution in [0.15, 0.2) is 18.2 Å². The van der Waals surface area contributed by atoms with Crippen molar-refractivity contribution in [2.24, 2.45) is 0 Å². The van der Waals surface area contributed by atoms with E-state index in [9.17, 15) is 4.79 Å². The third-order valence-electron chi connectivity index (χ3n) is 2.82. The van der Waals surface area contributed by atoms with Crippen molar-refractivity contribution >= 4 is 5.78 Å². The van der Waals surface area contributed by atoms with E-state index in [1.165, 1.54) is 5.56 Å². The summed E-state index contributed by atoms with van der Waals surface area (Å²) in [5.74, 6) is 0.144. The standard InChI is InChI=1S/C14H21NO2/c1-11-5-6-13(9-12(11)2)14(16)10-15-7-4-8-17-3/h5-6,9,15H,4,7-8,10H2,1-3H3. The van der Waals surface area contributed by atoms with E-state index in [0.717, 1.165) is 30.7 Å². The molecule has 0 saturated carbocycles. The van der Waals surface area contributed by atoms with Crippen LogP contribution in [0.25, 0.3) is 0 Å². The van der Waals surface area contributed by atoms with Gasteiger partial charge < -0.3 is 10.1 Å². The highest BCUT2D eigenvalue weighted by Crippen LogP contribution is 2.09. The largest absolute Gasteiger partial charge is 0.385 e. The van der Waals surface area contributed by atoms with E-state index >= 15 is 0 Å². The predicted molar refractivity (Wildman–Crippen MR) is 69.6 cm³/mol. The molecule has 0 spiro atoms. The Morgan fingerprint density at radius 1 is 1.29 bits per heavy atom. The molecule has 0 aliphatic rings. The molecule has 94 valence electrons. The zero-order valence-corrected chi connectivity index (χ0v) is 10.9. The summed E-state index contributed by atoms with van der Waals surface area (Å²) in [5.41, 5.74) is 3.16. The molecule has 3 heteroatoms. The van der Waals surface area contributed by atoms with Crippen molar-refractivity contribution < 1.29 is 9.53 Å². The number of rotatable bonds is 7. The van der Waals surface area contributed by atoms with Gasteiger partial charge in [-0.25, -0.2) is 0 Å². The van der Waals surface area contributed by atoms with Crippen LogP contribution in [0.2, 0.25) is 0 Å². The van der Waals surface area contributed by atoms with Crippen molar-refractivity contribution in [2.45, 2.75) is 20.3 Å². The summed E-state index contributed by atoms with van der Waals surface area (Å²) in [7, 11) is 1.68. The molecule has 0 atom stereocenters. The SMILES string of the molecule is COCCCNCC(=O)c1ccc(C)c(C)c1. The van der Waals surface area contributed by atoms with Crippen LogP contribution in [-0.2, 0) is 4.74 Å². The van der Waals surface area contributed by atoms with Gasteiger partial charge in [0.1, 0.15) is 0 Å². The zero-order valence-electron chi connectivity index (χ0n) is 10.9. The lowest BCUT2D eigenvalue weighted by Crippen LogP contribution is -2.24. The summed E-state index contributed by atoms with van der Waals surface area (Å²) >= 11 is 0. The summed E-state index contributed by atoms with van der Waals surface area (Å²) in [6.07, 6.45) is 0.927. The van der Waals surface area contributed by atoms with Gasteiger partial charge in [0.05, 0.1) is 6.54 Å². The van der Waals surface area contributed by atoms with E-state index < -0.39 is 0 Å². The van der Waals surface area contributed by atoms with E-state index in [0.29, 0.717) is 6.54 Å². The minimum absolute atomic E-state index is 0.144. The van der Waals surface area contributed by atoms with Crippen LogP contribution in [0, 0.1) is 13.8 Å². The highest BCUT2D eigenvalue weighted by atomic mass is 16.5. The first-order valence-corrected chi connectivity index (χ1v) is 5.95. The summed E-state index contributed by atoms with van der Waals surface area (Å²) < 4.78 is 4.94. The normalized spacial score (nSPS) is 10.5. The molecule has 1 aromatic rings. The third-order valence-corrected chi connectivity index (χ3v) is 2.82. The fourth-order valence-corrected chi connectivity index (χ4v) is 1.56. The highest BCUT2D eigenvalue weighted by Gasteiger charge is 2.05. The fourth-order valence-electron chi connectivity index (χ4n) is 1.56.